The molecule has 8 heteroatoms. The van der Waals surface area contributed by atoms with Crippen molar-refractivity contribution in [1.29, 1.82) is 0 Å². The molecular formula is C18H18Cl2N2O3S. The number of benzene rings is 2. The maximum absolute atomic E-state index is 11.8. The van der Waals surface area contributed by atoms with Crippen LogP contribution in [0.4, 0.5) is 0 Å². The molecule has 2 rings (SSSR count). The van der Waals surface area contributed by atoms with Gasteiger partial charge < -0.3 is 4.74 Å². The van der Waals surface area contributed by atoms with Gasteiger partial charge in [0.05, 0.1) is 23.8 Å². The second-order valence-electron chi connectivity index (χ2n) is 5.37. The quantitative estimate of drug-likeness (QED) is 0.532. The fourth-order valence-electron chi connectivity index (χ4n) is 1.94. The molecular weight excluding hydrogens is 395 g/mol. The van der Waals surface area contributed by atoms with E-state index in [-0.39, 0.29) is 30.6 Å². The van der Waals surface area contributed by atoms with Gasteiger partial charge in [-0.2, -0.15) is 0 Å². The van der Waals surface area contributed by atoms with Crippen molar-refractivity contribution in [3.05, 3.63) is 58.1 Å². The predicted octanol–water partition coefficient (Wildman–Crippen LogP) is 4.01. The standard InChI is InChI=1S/C18H18Cl2N2O3S/c1-12-3-2-4-14(9-12)25-8-7-17(23)21-22-18(24)11-26-16-10-13(19)5-6-15(16)20/h2-6,9-10H,7-8,11H2,1H3,(H,21,23)(H,22,24). The summed E-state index contributed by atoms with van der Waals surface area (Å²) in [7, 11) is 0. The van der Waals surface area contributed by atoms with E-state index in [9.17, 15) is 9.59 Å². The first-order valence-corrected chi connectivity index (χ1v) is 9.53. The molecule has 0 bridgehead atoms. The van der Waals surface area contributed by atoms with E-state index in [1.54, 1.807) is 18.2 Å². The summed E-state index contributed by atoms with van der Waals surface area (Å²) < 4.78 is 5.49. The third-order valence-corrected chi connectivity index (χ3v) is 4.91. The van der Waals surface area contributed by atoms with Crippen molar-refractivity contribution in [3.63, 3.8) is 0 Å². The number of aryl methyl sites for hydroxylation is 1. The van der Waals surface area contributed by atoms with Crippen LogP contribution in [0.3, 0.4) is 0 Å². The number of hydrazine groups is 1. The molecule has 0 aliphatic carbocycles. The first kappa shape index (κ1) is 20.4. The Bertz CT molecular complexity index is 787. The van der Waals surface area contributed by atoms with E-state index >= 15 is 0 Å². The molecule has 26 heavy (non-hydrogen) atoms. The lowest BCUT2D eigenvalue weighted by Gasteiger charge is -2.09. The number of ether oxygens (including phenoxy) is 1. The number of hydrogen-bond donors (Lipinski definition) is 2. The summed E-state index contributed by atoms with van der Waals surface area (Å²) in [6.45, 7) is 2.18. The van der Waals surface area contributed by atoms with Crippen LogP contribution in [0.5, 0.6) is 5.75 Å². The topological polar surface area (TPSA) is 67.4 Å². The average Bonchev–Trinajstić information content (AvgIpc) is 2.61. The monoisotopic (exact) mass is 412 g/mol. The van der Waals surface area contributed by atoms with Gasteiger partial charge in [-0.05, 0) is 42.8 Å². The second kappa shape index (κ2) is 10.3. The van der Waals surface area contributed by atoms with Gasteiger partial charge in [-0.25, -0.2) is 0 Å². The number of halogens is 2. The number of nitrogens with one attached hydrogen (secondary N) is 2. The van der Waals surface area contributed by atoms with E-state index < -0.39 is 0 Å². The maximum atomic E-state index is 11.8. The summed E-state index contributed by atoms with van der Waals surface area (Å²) in [4.78, 5) is 24.2. The molecule has 0 heterocycles. The van der Waals surface area contributed by atoms with Crippen LogP contribution in [-0.2, 0) is 9.59 Å². The highest BCUT2D eigenvalue weighted by Crippen LogP contribution is 2.29. The molecule has 0 unspecified atom stereocenters. The summed E-state index contributed by atoms with van der Waals surface area (Å²) in [6.07, 6.45) is 0.126. The van der Waals surface area contributed by atoms with Crippen LogP contribution in [0.15, 0.2) is 47.4 Å². The fraction of sp³-hybridized carbons (Fsp3) is 0.222. The summed E-state index contributed by atoms with van der Waals surface area (Å²) in [5, 5.41) is 1.06. The number of hydrogen-bond acceptors (Lipinski definition) is 4. The van der Waals surface area contributed by atoms with Crippen LogP contribution in [0.25, 0.3) is 0 Å². The predicted molar refractivity (Wildman–Crippen MR) is 105 cm³/mol. The van der Waals surface area contributed by atoms with Crippen LogP contribution in [0, 0.1) is 6.92 Å². The zero-order valence-corrected chi connectivity index (χ0v) is 16.4. The number of carbonyl (C=O) groups is 2. The van der Waals surface area contributed by atoms with Gasteiger partial charge in [0.25, 0.3) is 0 Å². The zero-order valence-electron chi connectivity index (χ0n) is 14.1. The lowest BCUT2D eigenvalue weighted by atomic mass is 10.2. The molecule has 138 valence electrons. The maximum Gasteiger partial charge on any atom is 0.248 e. The van der Waals surface area contributed by atoms with Crippen molar-refractivity contribution in [1.82, 2.24) is 10.9 Å². The van der Waals surface area contributed by atoms with Gasteiger partial charge in [-0.15, -0.1) is 11.8 Å². The number of amides is 2. The lowest BCUT2D eigenvalue weighted by molar-refractivity contribution is -0.127. The molecule has 0 aliphatic rings. The molecule has 2 amide bonds. The van der Waals surface area contributed by atoms with Crippen molar-refractivity contribution in [3.8, 4) is 5.75 Å². The molecule has 2 N–H and O–H groups in total. The molecule has 0 saturated heterocycles. The smallest absolute Gasteiger partial charge is 0.248 e. The van der Waals surface area contributed by atoms with Crippen molar-refractivity contribution in [2.45, 2.75) is 18.2 Å². The minimum atomic E-state index is -0.348. The third-order valence-electron chi connectivity index (χ3n) is 3.18. The van der Waals surface area contributed by atoms with Gasteiger partial charge in [0.2, 0.25) is 11.8 Å². The van der Waals surface area contributed by atoms with Crippen LogP contribution in [0.2, 0.25) is 10.0 Å². The average molecular weight is 413 g/mol. The number of carbonyl (C=O) groups excluding carboxylic acids is 2. The van der Waals surface area contributed by atoms with Crippen molar-refractivity contribution in [2.75, 3.05) is 12.4 Å². The molecule has 0 spiro atoms. The van der Waals surface area contributed by atoms with Gasteiger partial charge in [0.15, 0.2) is 0 Å². The largest absolute Gasteiger partial charge is 0.493 e. The second-order valence-corrected chi connectivity index (χ2v) is 7.24. The Morgan fingerprint density at radius 1 is 1.08 bits per heavy atom. The zero-order chi connectivity index (χ0) is 18.9. The van der Waals surface area contributed by atoms with E-state index in [1.807, 2.05) is 31.2 Å². The third kappa shape index (κ3) is 7.15. The molecule has 0 aromatic heterocycles. The Morgan fingerprint density at radius 3 is 2.62 bits per heavy atom. The summed E-state index contributed by atoms with van der Waals surface area (Å²) >= 11 is 13.2. The van der Waals surface area contributed by atoms with E-state index in [2.05, 4.69) is 10.9 Å². The number of thioether (sulfide) groups is 1. The summed E-state index contributed by atoms with van der Waals surface area (Å²) in [5.74, 6) is 0.118. The molecule has 0 fully saturated rings. The fourth-order valence-corrected chi connectivity index (χ4v) is 3.23. The molecule has 0 radical (unpaired) electrons. The molecule has 2 aromatic rings. The van der Waals surface area contributed by atoms with Gasteiger partial charge in [-0.3, -0.25) is 20.4 Å². The van der Waals surface area contributed by atoms with Crippen LogP contribution in [-0.4, -0.2) is 24.2 Å². The van der Waals surface area contributed by atoms with E-state index in [0.717, 1.165) is 5.56 Å². The Kier molecular flexibility index (Phi) is 8.09. The first-order valence-electron chi connectivity index (χ1n) is 7.79. The van der Waals surface area contributed by atoms with Crippen LogP contribution < -0.4 is 15.6 Å². The van der Waals surface area contributed by atoms with E-state index in [0.29, 0.717) is 20.7 Å². The normalized spacial score (nSPS) is 10.3. The van der Waals surface area contributed by atoms with Gasteiger partial charge in [-0.1, -0.05) is 35.3 Å². The first-order chi connectivity index (χ1) is 12.4. The van der Waals surface area contributed by atoms with Crippen LogP contribution in [0.1, 0.15) is 12.0 Å². The molecule has 0 atom stereocenters. The Morgan fingerprint density at radius 2 is 1.85 bits per heavy atom. The minimum Gasteiger partial charge on any atom is -0.493 e. The van der Waals surface area contributed by atoms with Crippen LogP contribution >= 0.6 is 35.0 Å². The number of rotatable bonds is 7. The molecule has 5 nitrogen and oxygen atoms in total. The summed E-state index contributed by atoms with van der Waals surface area (Å²) in [6, 6.07) is 12.6. The van der Waals surface area contributed by atoms with E-state index in [4.69, 9.17) is 27.9 Å². The lowest BCUT2D eigenvalue weighted by Crippen LogP contribution is -2.42. The molecule has 0 aliphatic heterocycles. The van der Waals surface area contributed by atoms with Gasteiger partial charge in [0.1, 0.15) is 5.75 Å². The van der Waals surface area contributed by atoms with Crippen molar-refractivity contribution in [2.24, 2.45) is 0 Å². The SMILES string of the molecule is Cc1cccc(OCCC(=O)NNC(=O)CSc2cc(Cl)ccc2Cl)c1. The highest BCUT2D eigenvalue weighted by Gasteiger charge is 2.08. The Hall–Kier alpha value is -1.89. The van der Waals surface area contributed by atoms with Gasteiger partial charge in [0, 0.05) is 9.92 Å². The Balaban J connectivity index is 1.65. The van der Waals surface area contributed by atoms with Crippen molar-refractivity contribution < 1.29 is 14.3 Å². The highest BCUT2D eigenvalue weighted by molar-refractivity contribution is 8.00. The summed E-state index contributed by atoms with van der Waals surface area (Å²) in [5.41, 5.74) is 5.79. The Labute approximate surface area is 166 Å². The van der Waals surface area contributed by atoms with Crippen molar-refractivity contribution >= 4 is 46.8 Å². The molecule has 0 saturated carbocycles. The van der Waals surface area contributed by atoms with E-state index in [1.165, 1.54) is 11.8 Å². The minimum absolute atomic E-state index is 0.0974. The van der Waals surface area contributed by atoms with Gasteiger partial charge >= 0.3 is 0 Å². The molecule has 2 aromatic carbocycles. The highest BCUT2D eigenvalue weighted by atomic mass is 35.5.